The zero-order valence-corrected chi connectivity index (χ0v) is 11.8. The number of hydrogen-bond acceptors (Lipinski definition) is 0. The Kier molecular flexibility index (Phi) is 3.92. The van der Waals surface area contributed by atoms with E-state index in [0.717, 1.165) is 0 Å². The molecule has 1 heteroatoms. The summed E-state index contributed by atoms with van der Waals surface area (Å²) in [6.07, 6.45) is 4.34. The Morgan fingerprint density at radius 2 is 1.69 bits per heavy atom. The van der Waals surface area contributed by atoms with E-state index in [4.69, 9.17) is 0 Å². The summed E-state index contributed by atoms with van der Waals surface area (Å²) in [5, 5.41) is 0.234. The second-order valence-corrected chi connectivity index (χ2v) is 10.5. The molecule has 0 aliphatic heterocycles. The van der Waals surface area contributed by atoms with Gasteiger partial charge in [0, 0.05) is 0 Å². The molecule has 0 aliphatic rings. The second-order valence-electron chi connectivity index (χ2n) is 5.39. The van der Waals surface area contributed by atoms with Crippen LogP contribution in [0, 0.1) is 0 Å². The van der Waals surface area contributed by atoms with Crippen LogP contribution in [0.15, 0.2) is 48.7 Å². The Labute approximate surface area is 101 Å². The molecule has 1 rings (SSSR count). The van der Waals surface area contributed by atoms with Crippen LogP contribution in [-0.2, 0) is 0 Å². The van der Waals surface area contributed by atoms with Crippen LogP contribution in [0.2, 0.25) is 18.1 Å². The van der Waals surface area contributed by atoms with Crippen LogP contribution in [0.4, 0.5) is 0 Å². The van der Waals surface area contributed by atoms with Crippen molar-refractivity contribution in [3.8, 4) is 0 Å². The van der Waals surface area contributed by atoms with Crippen molar-refractivity contribution in [1.82, 2.24) is 0 Å². The average Bonchev–Trinajstić information content (AvgIpc) is 2.27. The van der Waals surface area contributed by atoms with Crippen molar-refractivity contribution in [1.29, 1.82) is 0 Å². The van der Waals surface area contributed by atoms with Gasteiger partial charge in [-0.3, -0.25) is 0 Å². The minimum atomic E-state index is -1.41. The Balaban J connectivity index is 2.89. The summed E-state index contributed by atoms with van der Waals surface area (Å²) in [5.74, 6) is 0. The predicted octanol–water partition coefficient (Wildman–Crippen LogP) is 4.91. The van der Waals surface area contributed by atoms with Gasteiger partial charge in [-0.25, -0.2) is 0 Å². The average molecular weight is 230 g/mol. The van der Waals surface area contributed by atoms with Crippen molar-refractivity contribution >= 4 is 14.1 Å². The summed E-state index contributed by atoms with van der Waals surface area (Å²) >= 11 is 0. The highest BCUT2D eigenvalue weighted by molar-refractivity contribution is 6.85. The predicted molar refractivity (Wildman–Crippen MR) is 77.2 cm³/mol. The van der Waals surface area contributed by atoms with Gasteiger partial charge in [-0.1, -0.05) is 75.1 Å². The van der Waals surface area contributed by atoms with Crippen LogP contribution in [0.3, 0.4) is 0 Å². The molecule has 0 unspecified atom stereocenters. The summed E-state index contributed by atoms with van der Waals surface area (Å²) in [6, 6.07) is 10.5. The molecule has 16 heavy (non-hydrogen) atoms. The molecule has 1 aromatic rings. The lowest BCUT2D eigenvalue weighted by molar-refractivity contribution is 0.820. The van der Waals surface area contributed by atoms with E-state index in [0.29, 0.717) is 0 Å². The Hall–Kier alpha value is -1.08. The van der Waals surface area contributed by atoms with Gasteiger partial charge in [0.25, 0.3) is 0 Å². The van der Waals surface area contributed by atoms with Gasteiger partial charge in [0.15, 0.2) is 0 Å². The number of rotatable bonds is 4. The quantitative estimate of drug-likeness (QED) is 0.509. The topological polar surface area (TPSA) is 0 Å². The minimum absolute atomic E-state index is 0.234. The fraction of sp³-hybridized carbons (Fsp3) is 0.333. The van der Waals surface area contributed by atoms with E-state index in [-0.39, 0.29) is 5.04 Å². The summed E-state index contributed by atoms with van der Waals surface area (Å²) in [5.41, 5.74) is 3.69. The third kappa shape index (κ3) is 2.95. The van der Waals surface area contributed by atoms with E-state index >= 15 is 0 Å². The molecule has 0 atom stereocenters. The Morgan fingerprint density at radius 3 is 2.19 bits per heavy atom. The monoisotopic (exact) mass is 230 g/mol. The first-order valence-electron chi connectivity index (χ1n) is 5.77. The van der Waals surface area contributed by atoms with Crippen molar-refractivity contribution in [2.75, 3.05) is 0 Å². The van der Waals surface area contributed by atoms with Crippen molar-refractivity contribution < 1.29 is 0 Å². The molecule has 0 radical (unpaired) electrons. The molecule has 0 bridgehead atoms. The zero-order valence-electron chi connectivity index (χ0n) is 10.8. The van der Waals surface area contributed by atoms with E-state index in [9.17, 15) is 0 Å². The highest BCUT2D eigenvalue weighted by atomic mass is 28.3. The maximum Gasteiger partial charge on any atom is 0.0810 e. The smallest absolute Gasteiger partial charge is 0.0810 e. The van der Waals surface area contributed by atoms with Gasteiger partial charge in [0.1, 0.15) is 0 Å². The van der Waals surface area contributed by atoms with Crippen LogP contribution in [0.5, 0.6) is 0 Å². The molecule has 0 saturated heterocycles. The van der Waals surface area contributed by atoms with Gasteiger partial charge >= 0.3 is 0 Å². The van der Waals surface area contributed by atoms with E-state index in [1.807, 2.05) is 6.07 Å². The highest BCUT2D eigenvalue weighted by Gasteiger charge is 2.33. The van der Waals surface area contributed by atoms with Crippen molar-refractivity contribution in [3.63, 3.8) is 0 Å². The van der Waals surface area contributed by atoms with Crippen LogP contribution in [-0.4, -0.2) is 8.07 Å². The van der Waals surface area contributed by atoms with Gasteiger partial charge in [-0.2, -0.15) is 0 Å². The molecule has 0 spiro atoms. The number of benzene rings is 1. The molecule has 0 heterocycles. The number of allylic oxidation sites excluding steroid dienone is 1. The van der Waals surface area contributed by atoms with Crippen LogP contribution in [0.25, 0.3) is 6.08 Å². The molecule has 86 valence electrons. The molecule has 0 aliphatic carbocycles. The molecule has 1 aromatic carbocycles. The molecule has 0 aromatic heterocycles. The fourth-order valence-electron chi connectivity index (χ4n) is 1.35. The lowest BCUT2D eigenvalue weighted by Crippen LogP contribution is -2.35. The standard InChI is InChI=1S/C15H22Si/c1-6-15(2,3)16(4,5)13-12-14-10-8-7-9-11-14/h6-13H,1H2,2-5H3. The first kappa shape index (κ1) is 13.0. The van der Waals surface area contributed by atoms with Crippen molar-refractivity contribution in [2.45, 2.75) is 32.0 Å². The zero-order chi connectivity index (χ0) is 12.2. The Morgan fingerprint density at radius 1 is 1.12 bits per heavy atom. The number of hydrogen-bond donors (Lipinski definition) is 0. The largest absolute Gasteiger partial charge is 0.103 e. The van der Waals surface area contributed by atoms with Gasteiger partial charge in [-0.05, 0) is 10.6 Å². The van der Waals surface area contributed by atoms with Gasteiger partial charge in [0.05, 0.1) is 8.07 Å². The lowest BCUT2D eigenvalue weighted by atomic mass is 10.2. The summed E-state index contributed by atoms with van der Waals surface area (Å²) < 4.78 is 0. The van der Waals surface area contributed by atoms with Gasteiger partial charge < -0.3 is 0 Å². The first-order chi connectivity index (χ1) is 7.39. The Bertz CT molecular complexity index is 372. The molecule has 0 nitrogen and oxygen atoms in total. The normalized spacial score (nSPS) is 13.0. The summed E-state index contributed by atoms with van der Waals surface area (Å²) in [6.45, 7) is 13.3. The second kappa shape index (κ2) is 4.83. The third-order valence-electron chi connectivity index (χ3n) is 3.66. The minimum Gasteiger partial charge on any atom is -0.103 e. The maximum absolute atomic E-state index is 3.95. The molecule has 0 N–H and O–H groups in total. The van der Waals surface area contributed by atoms with Crippen LogP contribution in [0.1, 0.15) is 19.4 Å². The molecular weight excluding hydrogens is 208 g/mol. The molecule has 0 fully saturated rings. The van der Waals surface area contributed by atoms with E-state index < -0.39 is 8.07 Å². The highest BCUT2D eigenvalue weighted by Crippen LogP contribution is 2.38. The van der Waals surface area contributed by atoms with Gasteiger partial charge in [-0.15, -0.1) is 6.58 Å². The van der Waals surface area contributed by atoms with Crippen LogP contribution < -0.4 is 0 Å². The first-order valence-corrected chi connectivity index (χ1v) is 8.85. The van der Waals surface area contributed by atoms with Crippen molar-refractivity contribution in [3.05, 3.63) is 54.2 Å². The summed E-state index contributed by atoms with van der Waals surface area (Å²) in [4.78, 5) is 0. The van der Waals surface area contributed by atoms with E-state index in [1.165, 1.54) is 5.56 Å². The van der Waals surface area contributed by atoms with Crippen molar-refractivity contribution in [2.24, 2.45) is 0 Å². The third-order valence-corrected chi connectivity index (χ3v) is 8.19. The molecule has 0 amide bonds. The van der Waals surface area contributed by atoms with Crippen LogP contribution >= 0.6 is 0 Å². The summed E-state index contributed by atoms with van der Waals surface area (Å²) in [7, 11) is -1.41. The van der Waals surface area contributed by atoms with Gasteiger partial charge in [0.2, 0.25) is 0 Å². The lowest BCUT2D eigenvalue weighted by Gasteiger charge is -2.35. The fourth-order valence-corrected chi connectivity index (χ4v) is 2.91. The molecular formula is C15H22Si. The SMILES string of the molecule is C=CC(C)(C)[Si](C)(C)C=Cc1ccccc1. The molecule has 0 saturated carbocycles. The van der Waals surface area contributed by atoms with E-state index in [2.05, 4.69) is 75.6 Å². The van der Waals surface area contributed by atoms with E-state index in [1.54, 1.807) is 0 Å². The maximum atomic E-state index is 3.95.